The molecule has 1 aromatic heterocycles. The van der Waals surface area contributed by atoms with Crippen molar-refractivity contribution in [3.63, 3.8) is 0 Å². The van der Waals surface area contributed by atoms with Crippen molar-refractivity contribution in [2.24, 2.45) is 0 Å². The second-order valence-corrected chi connectivity index (χ2v) is 7.09. The predicted octanol–water partition coefficient (Wildman–Crippen LogP) is 3.30. The molecule has 5 nitrogen and oxygen atoms in total. The average Bonchev–Trinajstić information content (AvgIpc) is 3.12. The molecule has 0 fully saturated rings. The first-order chi connectivity index (χ1) is 12.1. The third-order valence-corrected chi connectivity index (χ3v) is 5.43. The zero-order valence-electron chi connectivity index (χ0n) is 14.6. The Labute approximate surface area is 151 Å². The number of thiophene rings is 1. The molecule has 1 unspecified atom stereocenters. The van der Waals surface area contributed by atoms with E-state index < -0.39 is 0 Å². The third-order valence-electron chi connectivity index (χ3n) is 4.49. The molecule has 2 heterocycles. The molecule has 0 radical (unpaired) electrons. The summed E-state index contributed by atoms with van der Waals surface area (Å²) >= 11 is 1.56. The SMILES string of the molecule is CCOCCOC(=O)C1=C(C)NC2=C(C(=O)CCC2)C1c1cccs1. The topological polar surface area (TPSA) is 64.6 Å². The van der Waals surface area contributed by atoms with Crippen LogP contribution in [0.2, 0.25) is 0 Å². The molecule has 0 saturated carbocycles. The number of rotatable bonds is 6. The van der Waals surface area contributed by atoms with Crippen molar-refractivity contribution in [2.75, 3.05) is 19.8 Å². The Morgan fingerprint density at radius 1 is 1.36 bits per heavy atom. The molecule has 1 aromatic rings. The van der Waals surface area contributed by atoms with Gasteiger partial charge in [-0.25, -0.2) is 4.79 Å². The summed E-state index contributed by atoms with van der Waals surface area (Å²) in [6.07, 6.45) is 2.23. The average molecular weight is 361 g/mol. The summed E-state index contributed by atoms with van der Waals surface area (Å²) < 4.78 is 10.6. The Balaban J connectivity index is 1.92. The number of Topliss-reactive ketones (excluding diaryl/α,β-unsaturated/α-hetero) is 1. The van der Waals surface area contributed by atoms with Gasteiger partial charge < -0.3 is 14.8 Å². The van der Waals surface area contributed by atoms with E-state index in [0.29, 0.717) is 25.2 Å². The molecule has 0 saturated heterocycles. The van der Waals surface area contributed by atoms with Crippen molar-refractivity contribution in [2.45, 2.75) is 39.0 Å². The predicted molar refractivity (Wildman–Crippen MR) is 96.2 cm³/mol. The van der Waals surface area contributed by atoms with Crippen molar-refractivity contribution in [3.8, 4) is 0 Å². The van der Waals surface area contributed by atoms with E-state index in [-0.39, 0.29) is 24.3 Å². The number of dihydropyridines is 1. The molecule has 6 heteroatoms. The number of ether oxygens (including phenoxy) is 2. The molecule has 0 aromatic carbocycles. The fraction of sp³-hybridized carbons (Fsp3) is 0.474. The molecule has 3 rings (SSSR count). The number of hydrogen-bond donors (Lipinski definition) is 1. The fourth-order valence-electron chi connectivity index (χ4n) is 3.41. The summed E-state index contributed by atoms with van der Waals surface area (Å²) in [4.78, 5) is 26.4. The standard InChI is InChI=1S/C19H23NO4S/c1-3-23-9-10-24-19(22)16-12(2)20-13-6-4-7-14(21)17(13)18(16)15-8-5-11-25-15/h5,8,11,18,20H,3-4,6-7,9-10H2,1-2H3. The van der Waals surface area contributed by atoms with E-state index in [1.807, 2.05) is 31.4 Å². The first-order valence-corrected chi connectivity index (χ1v) is 9.53. The van der Waals surface area contributed by atoms with Crippen molar-refractivity contribution in [1.29, 1.82) is 0 Å². The maximum absolute atomic E-state index is 12.8. The highest BCUT2D eigenvalue weighted by molar-refractivity contribution is 7.10. The summed E-state index contributed by atoms with van der Waals surface area (Å²) in [7, 11) is 0. The Hall–Kier alpha value is -1.92. The van der Waals surface area contributed by atoms with Gasteiger partial charge in [-0.1, -0.05) is 6.07 Å². The number of allylic oxidation sites excluding steroid dienone is 3. The lowest BCUT2D eigenvalue weighted by Crippen LogP contribution is -2.34. The molecule has 25 heavy (non-hydrogen) atoms. The van der Waals surface area contributed by atoms with Gasteiger partial charge in [0.05, 0.1) is 18.1 Å². The maximum atomic E-state index is 12.8. The number of esters is 1. The quantitative estimate of drug-likeness (QED) is 0.622. The summed E-state index contributed by atoms with van der Waals surface area (Å²) in [6, 6.07) is 3.93. The Morgan fingerprint density at radius 2 is 2.20 bits per heavy atom. The van der Waals surface area contributed by atoms with E-state index in [1.54, 1.807) is 11.3 Å². The lowest BCUT2D eigenvalue weighted by Gasteiger charge is -2.33. The van der Waals surface area contributed by atoms with Crippen molar-refractivity contribution < 1.29 is 19.1 Å². The van der Waals surface area contributed by atoms with Gasteiger partial charge in [0.15, 0.2) is 5.78 Å². The highest BCUT2D eigenvalue weighted by Crippen LogP contribution is 2.43. The lowest BCUT2D eigenvalue weighted by atomic mass is 9.78. The number of carbonyl (C=O) groups excluding carboxylic acids is 2. The van der Waals surface area contributed by atoms with Crippen LogP contribution in [-0.4, -0.2) is 31.6 Å². The van der Waals surface area contributed by atoms with E-state index in [2.05, 4.69) is 5.32 Å². The number of carbonyl (C=O) groups is 2. The number of ketones is 1. The van der Waals surface area contributed by atoms with Gasteiger partial charge in [-0.15, -0.1) is 11.3 Å². The van der Waals surface area contributed by atoms with Crippen molar-refractivity contribution in [3.05, 3.63) is 44.9 Å². The van der Waals surface area contributed by atoms with Gasteiger partial charge in [0.25, 0.3) is 0 Å². The minimum atomic E-state index is -0.381. The van der Waals surface area contributed by atoms with E-state index in [9.17, 15) is 9.59 Å². The van der Waals surface area contributed by atoms with Crippen LogP contribution in [0.15, 0.2) is 40.1 Å². The summed E-state index contributed by atoms with van der Waals surface area (Å²) in [6.45, 7) is 4.94. The first-order valence-electron chi connectivity index (χ1n) is 8.65. The number of nitrogens with one attached hydrogen (secondary N) is 1. The van der Waals surface area contributed by atoms with Crippen molar-refractivity contribution in [1.82, 2.24) is 5.32 Å². The van der Waals surface area contributed by atoms with Crippen LogP contribution in [0.5, 0.6) is 0 Å². The van der Waals surface area contributed by atoms with Crippen LogP contribution in [0, 0.1) is 0 Å². The fourth-order valence-corrected chi connectivity index (χ4v) is 4.25. The lowest BCUT2D eigenvalue weighted by molar-refractivity contribution is -0.140. The van der Waals surface area contributed by atoms with Gasteiger partial charge in [-0.2, -0.15) is 0 Å². The summed E-state index contributed by atoms with van der Waals surface area (Å²) in [5.74, 6) is -0.587. The van der Waals surface area contributed by atoms with Gasteiger partial charge in [0, 0.05) is 34.9 Å². The Bertz CT molecular complexity index is 718. The van der Waals surface area contributed by atoms with Crippen LogP contribution in [0.25, 0.3) is 0 Å². The molecule has 2 aliphatic rings. The van der Waals surface area contributed by atoms with Gasteiger partial charge >= 0.3 is 5.97 Å². The zero-order valence-corrected chi connectivity index (χ0v) is 15.4. The van der Waals surface area contributed by atoms with E-state index >= 15 is 0 Å². The second-order valence-electron chi connectivity index (χ2n) is 6.11. The van der Waals surface area contributed by atoms with Gasteiger partial charge in [0.1, 0.15) is 6.61 Å². The van der Waals surface area contributed by atoms with Crippen LogP contribution >= 0.6 is 11.3 Å². The molecular formula is C19H23NO4S. The molecule has 0 bridgehead atoms. The van der Waals surface area contributed by atoms with Gasteiger partial charge in [0.2, 0.25) is 0 Å². The number of hydrogen-bond acceptors (Lipinski definition) is 6. The molecular weight excluding hydrogens is 338 g/mol. The minimum Gasteiger partial charge on any atom is -0.460 e. The molecule has 1 N–H and O–H groups in total. The van der Waals surface area contributed by atoms with Gasteiger partial charge in [-0.05, 0) is 38.1 Å². The molecule has 134 valence electrons. The largest absolute Gasteiger partial charge is 0.460 e. The van der Waals surface area contributed by atoms with Crippen molar-refractivity contribution >= 4 is 23.1 Å². The van der Waals surface area contributed by atoms with Crippen LogP contribution in [0.3, 0.4) is 0 Å². The Kier molecular flexibility index (Phi) is 5.71. The van der Waals surface area contributed by atoms with Gasteiger partial charge in [-0.3, -0.25) is 4.79 Å². The highest BCUT2D eigenvalue weighted by Gasteiger charge is 2.39. The maximum Gasteiger partial charge on any atom is 0.336 e. The van der Waals surface area contributed by atoms with Crippen LogP contribution in [-0.2, 0) is 19.1 Å². The van der Waals surface area contributed by atoms with E-state index in [0.717, 1.165) is 34.7 Å². The van der Waals surface area contributed by atoms with Crippen LogP contribution in [0.1, 0.15) is 43.9 Å². The molecule has 1 aliphatic heterocycles. The van der Waals surface area contributed by atoms with Crippen LogP contribution < -0.4 is 5.32 Å². The molecule has 1 atom stereocenters. The normalized spacial score (nSPS) is 20.4. The molecule has 0 spiro atoms. The van der Waals surface area contributed by atoms with E-state index in [1.165, 1.54) is 0 Å². The van der Waals surface area contributed by atoms with E-state index in [4.69, 9.17) is 9.47 Å². The Morgan fingerprint density at radius 3 is 2.92 bits per heavy atom. The third kappa shape index (κ3) is 3.70. The summed E-state index contributed by atoms with van der Waals surface area (Å²) in [5.41, 5.74) is 3.00. The second kappa shape index (κ2) is 7.97. The zero-order chi connectivity index (χ0) is 17.8. The smallest absolute Gasteiger partial charge is 0.336 e. The monoisotopic (exact) mass is 361 g/mol. The van der Waals surface area contributed by atoms with Crippen LogP contribution in [0.4, 0.5) is 0 Å². The highest BCUT2D eigenvalue weighted by atomic mass is 32.1. The molecule has 0 amide bonds. The minimum absolute atomic E-state index is 0.124. The molecule has 1 aliphatic carbocycles. The first kappa shape index (κ1) is 17.9. The summed E-state index contributed by atoms with van der Waals surface area (Å²) in [5, 5.41) is 5.25.